The molecule has 1 heterocycles. The van der Waals surface area contributed by atoms with Gasteiger partial charge in [0.2, 0.25) is 5.91 Å². The number of hydrogen-bond donors (Lipinski definition) is 2. The number of aliphatic carboxylic acids is 1. The zero-order valence-corrected chi connectivity index (χ0v) is 10.1. The molecule has 0 aliphatic carbocycles. The fraction of sp³-hybridized carbons (Fsp3) is 0.800. The Hall–Kier alpha value is -0.750. The molecule has 1 fully saturated rings. The van der Waals surface area contributed by atoms with Crippen LogP contribution in [0.25, 0.3) is 0 Å². The van der Waals surface area contributed by atoms with Crippen molar-refractivity contribution in [3.05, 3.63) is 0 Å². The van der Waals surface area contributed by atoms with Crippen LogP contribution >= 0.6 is 11.8 Å². The number of ether oxygens (including phenoxy) is 1. The van der Waals surface area contributed by atoms with E-state index in [4.69, 9.17) is 9.84 Å². The topological polar surface area (TPSA) is 75.6 Å². The Labute approximate surface area is 98.9 Å². The van der Waals surface area contributed by atoms with Crippen LogP contribution in [0.1, 0.15) is 19.3 Å². The average Bonchev–Trinajstić information content (AvgIpc) is 2.76. The van der Waals surface area contributed by atoms with Crippen molar-refractivity contribution >= 4 is 23.6 Å². The number of rotatable bonds is 6. The lowest BCUT2D eigenvalue weighted by Gasteiger charge is -2.16. The molecular formula is C10H17NO4S. The van der Waals surface area contributed by atoms with Crippen LogP contribution in [0.4, 0.5) is 0 Å². The molecule has 16 heavy (non-hydrogen) atoms. The molecule has 92 valence electrons. The van der Waals surface area contributed by atoms with Gasteiger partial charge in [-0.05, 0) is 31.3 Å². The Morgan fingerprint density at radius 1 is 1.62 bits per heavy atom. The third kappa shape index (κ3) is 4.02. The van der Waals surface area contributed by atoms with Gasteiger partial charge in [-0.1, -0.05) is 0 Å². The lowest BCUT2D eigenvalue weighted by atomic mass is 10.2. The predicted molar refractivity (Wildman–Crippen MR) is 61.5 cm³/mol. The van der Waals surface area contributed by atoms with E-state index < -0.39 is 18.1 Å². The monoisotopic (exact) mass is 247 g/mol. The Bertz CT molecular complexity index is 253. The van der Waals surface area contributed by atoms with Crippen LogP contribution in [0.5, 0.6) is 0 Å². The summed E-state index contributed by atoms with van der Waals surface area (Å²) in [5, 5.41) is 11.4. The first-order valence-corrected chi connectivity index (χ1v) is 6.68. The quantitative estimate of drug-likeness (QED) is 0.714. The van der Waals surface area contributed by atoms with E-state index in [2.05, 4.69) is 5.32 Å². The fourth-order valence-electron chi connectivity index (χ4n) is 1.54. The van der Waals surface area contributed by atoms with Crippen molar-refractivity contribution in [2.24, 2.45) is 0 Å². The number of carbonyl (C=O) groups excluding carboxylic acids is 1. The van der Waals surface area contributed by atoms with Gasteiger partial charge in [0, 0.05) is 6.61 Å². The summed E-state index contributed by atoms with van der Waals surface area (Å²) in [5.74, 6) is -0.575. The van der Waals surface area contributed by atoms with E-state index in [0.717, 1.165) is 6.42 Å². The minimum absolute atomic E-state index is 0.300. The molecule has 2 atom stereocenters. The van der Waals surface area contributed by atoms with Crippen molar-refractivity contribution in [3.8, 4) is 0 Å². The molecule has 0 spiro atoms. The highest BCUT2D eigenvalue weighted by Gasteiger charge is 2.27. The second-order valence-electron chi connectivity index (χ2n) is 3.68. The molecular weight excluding hydrogens is 230 g/mol. The Morgan fingerprint density at radius 2 is 2.38 bits per heavy atom. The molecule has 1 aliphatic rings. The van der Waals surface area contributed by atoms with Gasteiger partial charge in [0.25, 0.3) is 0 Å². The van der Waals surface area contributed by atoms with Crippen molar-refractivity contribution in [2.75, 3.05) is 18.6 Å². The van der Waals surface area contributed by atoms with Gasteiger partial charge in [-0.25, -0.2) is 4.79 Å². The summed E-state index contributed by atoms with van der Waals surface area (Å²) >= 11 is 1.56. The molecule has 0 aromatic heterocycles. The van der Waals surface area contributed by atoms with Crippen molar-refractivity contribution < 1.29 is 19.4 Å². The normalized spacial score (nSPS) is 21.7. The van der Waals surface area contributed by atoms with Crippen LogP contribution in [0.2, 0.25) is 0 Å². The number of carboxylic acid groups (broad SMARTS) is 1. The van der Waals surface area contributed by atoms with E-state index in [1.807, 2.05) is 6.26 Å². The maximum atomic E-state index is 11.6. The Kier molecular flexibility index (Phi) is 5.62. The van der Waals surface area contributed by atoms with Gasteiger partial charge < -0.3 is 15.2 Å². The van der Waals surface area contributed by atoms with Gasteiger partial charge in [-0.3, -0.25) is 4.79 Å². The molecule has 1 rings (SSSR count). The van der Waals surface area contributed by atoms with Gasteiger partial charge in [0.1, 0.15) is 12.1 Å². The minimum atomic E-state index is -0.986. The summed E-state index contributed by atoms with van der Waals surface area (Å²) < 4.78 is 5.19. The lowest BCUT2D eigenvalue weighted by Crippen LogP contribution is -2.45. The molecule has 1 saturated heterocycles. The maximum absolute atomic E-state index is 11.6. The van der Waals surface area contributed by atoms with Crippen LogP contribution in [0, 0.1) is 0 Å². The SMILES string of the molecule is CSCCC(NC(=O)[C@@H]1CCCO1)C(=O)O. The van der Waals surface area contributed by atoms with Crippen LogP contribution in [0.3, 0.4) is 0 Å². The van der Waals surface area contributed by atoms with Crippen molar-refractivity contribution in [1.82, 2.24) is 5.32 Å². The van der Waals surface area contributed by atoms with Crippen molar-refractivity contribution in [3.63, 3.8) is 0 Å². The number of hydrogen-bond acceptors (Lipinski definition) is 4. The molecule has 0 saturated carbocycles. The van der Waals surface area contributed by atoms with E-state index in [0.29, 0.717) is 25.2 Å². The second-order valence-corrected chi connectivity index (χ2v) is 4.67. The van der Waals surface area contributed by atoms with Gasteiger partial charge in [0.15, 0.2) is 0 Å². The number of thioether (sulfide) groups is 1. The highest BCUT2D eigenvalue weighted by Crippen LogP contribution is 2.12. The highest BCUT2D eigenvalue weighted by molar-refractivity contribution is 7.98. The van der Waals surface area contributed by atoms with Gasteiger partial charge in [-0.15, -0.1) is 0 Å². The minimum Gasteiger partial charge on any atom is -0.480 e. The first kappa shape index (κ1) is 13.3. The van der Waals surface area contributed by atoms with Gasteiger partial charge in [-0.2, -0.15) is 11.8 Å². The Balaban J connectivity index is 2.40. The lowest BCUT2D eigenvalue weighted by molar-refractivity contribution is -0.143. The zero-order valence-electron chi connectivity index (χ0n) is 9.27. The van der Waals surface area contributed by atoms with Crippen LogP contribution in [-0.2, 0) is 14.3 Å². The first-order chi connectivity index (χ1) is 7.65. The van der Waals surface area contributed by atoms with Crippen molar-refractivity contribution in [2.45, 2.75) is 31.4 Å². The summed E-state index contributed by atoms with van der Waals surface area (Å²) in [5.41, 5.74) is 0. The van der Waals surface area contributed by atoms with Crippen LogP contribution in [0.15, 0.2) is 0 Å². The third-order valence-corrected chi connectivity index (χ3v) is 3.09. The Morgan fingerprint density at radius 3 is 2.88 bits per heavy atom. The van der Waals surface area contributed by atoms with E-state index in [9.17, 15) is 9.59 Å². The molecule has 2 N–H and O–H groups in total. The number of carboxylic acids is 1. The molecule has 1 unspecified atom stereocenters. The molecule has 0 radical (unpaired) electrons. The summed E-state index contributed by atoms with van der Waals surface area (Å²) in [6, 6.07) is -0.802. The highest BCUT2D eigenvalue weighted by atomic mass is 32.2. The molecule has 5 nitrogen and oxygen atoms in total. The number of amides is 1. The molecule has 1 aliphatic heterocycles. The number of carbonyl (C=O) groups is 2. The predicted octanol–water partition coefficient (Wildman–Crippen LogP) is 0.488. The number of nitrogens with one attached hydrogen (secondary N) is 1. The molecule has 1 amide bonds. The third-order valence-electron chi connectivity index (χ3n) is 2.45. The molecule has 0 aromatic carbocycles. The van der Waals surface area contributed by atoms with Gasteiger partial charge >= 0.3 is 5.97 Å². The van der Waals surface area contributed by atoms with E-state index in [-0.39, 0.29) is 5.91 Å². The summed E-state index contributed by atoms with van der Waals surface area (Å²) in [6.07, 6.45) is 3.42. The average molecular weight is 247 g/mol. The van der Waals surface area contributed by atoms with Crippen molar-refractivity contribution in [1.29, 1.82) is 0 Å². The smallest absolute Gasteiger partial charge is 0.326 e. The van der Waals surface area contributed by atoms with Crippen LogP contribution in [-0.4, -0.2) is 47.7 Å². The summed E-state index contributed by atoms with van der Waals surface area (Å²) in [6.45, 7) is 0.584. The summed E-state index contributed by atoms with van der Waals surface area (Å²) in [4.78, 5) is 22.5. The molecule has 6 heteroatoms. The summed E-state index contributed by atoms with van der Waals surface area (Å²) in [7, 11) is 0. The van der Waals surface area contributed by atoms with Crippen LogP contribution < -0.4 is 5.32 Å². The molecule has 0 bridgehead atoms. The van der Waals surface area contributed by atoms with E-state index in [1.165, 1.54) is 0 Å². The second kappa shape index (κ2) is 6.75. The van der Waals surface area contributed by atoms with E-state index in [1.54, 1.807) is 11.8 Å². The molecule has 0 aromatic rings. The largest absolute Gasteiger partial charge is 0.480 e. The first-order valence-electron chi connectivity index (χ1n) is 5.29. The zero-order chi connectivity index (χ0) is 12.0. The van der Waals surface area contributed by atoms with E-state index >= 15 is 0 Å². The van der Waals surface area contributed by atoms with Gasteiger partial charge in [0.05, 0.1) is 0 Å². The standard InChI is InChI=1S/C10H17NO4S/c1-16-6-4-7(10(13)14)11-9(12)8-3-2-5-15-8/h7-8H,2-6H2,1H3,(H,11,12)(H,13,14)/t7?,8-/m0/s1. The fourth-order valence-corrected chi connectivity index (χ4v) is 2.01. The maximum Gasteiger partial charge on any atom is 0.326 e.